The van der Waals surface area contributed by atoms with Crippen molar-refractivity contribution in [3.63, 3.8) is 0 Å². The zero-order valence-electron chi connectivity index (χ0n) is 11.1. The fraction of sp³-hybridized carbons (Fsp3) is 0.0714. The molecule has 1 N–H and O–H groups in total. The molecule has 3 rings (SSSR count). The van der Waals surface area contributed by atoms with Crippen LogP contribution in [-0.2, 0) is 10.0 Å². The van der Waals surface area contributed by atoms with Crippen molar-refractivity contribution in [2.75, 3.05) is 15.9 Å². The third-order valence-corrected chi connectivity index (χ3v) is 5.65. The molecule has 0 aliphatic carbocycles. The van der Waals surface area contributed by atoms with Crippen molar-refractivity contribution >= 4 is 39.2 Å². The van der Waals surface area contributed by atoms with Gasteiger partial charge in [-0.2, -0.15) is 4.31 Å². The van der Waals surface area contributed by atoms with Gasteiger partial charge >= 0.3 is 6.03 Å². The first kappa shape index (κ1) is 14.0. The predicted octanol–water partition coefficient (Wildman–Crippen LogP) is 3.15. The number of sulfonamides is 1. The summed E-state index contributed by atoms with van der Waals surface area (Å²) in [7, 11) is -3.89. The monoisotopic (exact) mass is 320 g/mol. The van der Waals surface area contributed by atoms with Gasteiger partial charge in [-0.3, -0.25) is 0 Å². The van der Waals surface area contributed by atoms with Crippen molar-refractivity contribution in [2.24, 2.45) is 0 Å². The number of carbonyl (C=O) groups excluding carboxylic acids is 1. The Morgan fingerprint density at radius 3 is 2.38 bits per heavy atom. The summed E-state index contributed by atoms with van der Waals surface area (Å²) in [5.41, 5.74) is 0.624. The molecule has 0 bridgehead atoms. The molecule has 21 heavy (non-hydrogen) atoms. The van der Waals surface area contributed by atoms with E-state index in [2.05, 4.69) is 5.32 Å². The second-order valence-corrected chi connectivity index (χ2v) is 7.03. The van der Waals surface area contributed by atoms with Crippen LogP contribution in [0.4, 0.5) is 16.2 Å². The van der Waals surface area contributed by atoms with Gasteiger partial charge in [-0.05, 0) is 42.7 Å². The van der Waals surface area contributed by atoms with E-state index in [1.165, 1.54) is 6.07 Å². The maximum atomic E-state index is 12.6. The van der Waals surface area contributed by atoms with E-state index in [1.54, 1.807) is 54.2 Å². The summed E-state index contributed by atoms with van der Waals surface area (Å²) in [6, 6.07) is 12.5. The molecule has 1 aliphatic rings. The molecule has 7 heteroatoms. The van der Waals surface area contributed by atoms with Gasteiger partial charge in [-0.25, -0.2) is 13.2 Å². The lowest BCUT2D eigenvalue weighted by atomic mass is 10.3. The van der Waals surface area contributed by atoms with Crippen LogP contribution in [-0.4, -0.2) is 20.7 Å². The standard InChI is InChI=1S/C14H12N2O3S2/c1-20-11-8-6-10(7-9-11)16-14(17)15-12-4-2-3-5-13(12)21(16,18)19/h2-9H,1H3,(H,15,17). The van der Waals surface area contributed by atoms with Crippen LogP contribution in [0.5, 0.6) is 0 Å². The molecule has 0 saturated heterocycles. The average molecular weight is 320 g/mol. The number of para-hydroxylation sites is 1. The lowest BCUT2D eigenvalue weighted by Crippen LogP contribution is -2.44. The van der Waals surface area contributed by atoms with E-state index in [0.29, 0.717) is 11.4 Å². The van der Waals surface area contributed by atoms with E-state index in [4.69, 9.17) is 0 Å². The number of amides is 2. The summed E-state index contributed by atoms with van der Waals surface area (Å²) < 4.78 is 26.1. The largest absolute Gasteiger partial charge is 0.340 e. The summed E-state index contributed by atoms with van der Waals surface area (Å²) in [4.78, 5) is 13.2. The normalized spacial score (nSPS) is 16.2. The number of nitrogens with one attached hydrogen (secondary N) is 1. The van der Waals surface area contributed by atoms with Gasteiger partial charge in [0.25, 0.3) is 10.0 Å². The van der Waals surface area contributed by atoms with Crippen LogP contribution in [0.15, 0.2) is 58.3 Å². The summed E-state index contributed by atoms with van der Waals surface area (Å²) >= 11 is 1.54. The predicted molar refractivity (Wildman–Crippen MR) is 83.3 cm³/mol. The number of nitrogens with zero attached hydrogens (tertiary/aromatic N) is 1. The Hall–Kier alpha value is -1.99. The van der Waals surface area contributed by atoms with Gasteiger partial charge in [0.2, 0.25) is 0 Å². The second kappa shape index (κ2) is 5.09. The lowest BCUT2D eigenvalue weighted by Gasteiger charge is -2.28. The Morgan fingerprint density at radius 1 is 1.05 bits per heavy atom. The number of thioether (sulfide) groups is 1. The Balaban J connectivity index is 2.12. The number of urea groups is 1. The van der Waals surface area contributed by atoms with Crippen LogP contribution in [0.1, 0.15) is 0 Å². The van der Waals surface area contributed by atoms with Crippen LogP contribution >= 0.6 is 11.8 Å². The maximum absolute atomic E-state index is 12.6. The van der Waals surface area contributed by atoms with Crippen molar-refractivity contribution in [2.45, 2.75) is 9.79 Å². The number of hydrogen-bond donors (Lipinski definition) is 1. The smallest absolute Gasteiger partial charge is 0.305 e. The Bertz CT molecular complexity index is 801. The summed E-state index contributed by atoms with van der Waals surface area (Å²) in [5, 5.41) is 2.60. The quantitative estimate of drug-likeness (QED) is 0.863. The fourth-order valence-electron chi connectivity index (χ4n) is 2.14. The van der Waals surface area contributed by atoms with Crippen molar-refractivity contribution in [3.05, 3.63) is 48.5 Å². The minimum atomic E-state index is -3.89. The molecule has 0 aromatic heterocycles. The van der Waals surface area contributed by atoms with Gasteiger partial charge in [-0.1, -0.05) is 12.1 Å². The molecule has 108 valence electrons. The highest BCUT2D eigenvalue weighted by molar-refractivity contribution is 7.98. The van der Waals surface area contributed by atoms with Crippen molar-refractivity contribution in [1.29, 1.82) is 0 Å². The molecular formula is C14H12N2O3S2. The SMILES string of the molecule is CSc1ccc(N2C(=O)Nc3ccccc3S2(=O)=O)cc1. The third-order valence-electron chi connectivity index (χ3n) is 3.14. The molecular weight excluding hydrogens is 308 g/mol. The van der Waals surface area contributed by atoms with Crippen LogP contribution in [0.25, 0.3) is 0 Å². The van der Waals surface area contributed by atoms with E-state index < -0.39 is 16.1 Å². The molecule has 0 unspecified atom stereocenters. The number of hydrogen-bond acceptors (Lipinski definition) is 4. The average Bonchev–Trinajstić information content (AvgIpc) is 2.47. The lowest BCUT2D eigenvalue weighted by molar-refractivity contribution is 0.259. The highest BCUT2D eigenvalue weighted by atomic mass is 32.2. The van der Waals surface area contributed by atoms with E-state index in [1.807, 2.05) is 6.26 Å². The Morgan fingerprint density at radius 2 is 1.71 bits per heavy atom. The third kappa shape index (κ3) is 2.28. The van der Waals surface area contributed by atoms with Gasteiger partial charge in [-0.15, -0.1) is 11.8 Å². The summed E-state index contributed by atoms with van der Waals surface area (Å²) in [6.07, 6.45) is 1.93. The van der Waals surface area contributed by atoms with E-state index >= 15 is 0 Å². The fourth-order valence-corrected chi connectivity index (χ4v) is 4.06. The van der Waals surface area contributed by atoms with Crippen LogP contribution in [0.3, 0.4) is 0 Å². The second-order valence-electron chi connectivity index (χ2n) is 4.39. The van der Waals surface area contributed by atoms with Gasteiger partial charge in [0.05, 0.1) is 11.4 Å². The highest BCUT2D eigenvalue weighted by Gasteiger charge is 2.37. The van der Waals surface area contributed by atoms with Crippen LogP contribution in [0, 0.1) is 0 Å². The topological polar surface area (TPSA) is 66.5 Å². The van der Waals surface area contributed by atoms with Crippen molar-refractivity contribution < 1.29 is 13.2 Å². The molecule has 1 heterocycles. The van der Waals surface area contributed by atoms with Gasteiger partial charge in [0.1, 0.15) is 4.90 Å². The molecule has 2 aromatic rings. The van der Waals surface area contributed by atoms with Gasteiger partial charge in [0, 0.05) is 4.90 Å². The summed E-state index contributed by atoms with van der Waals surface area (Å²) in [5.74, 6) is 0. The Kier molecular flexibility index (Phi) is 3.38. The molecule has 0 fully saturated rings. The van der Waals surface area contributed by atoms with Gasteiger partial charge < -0.3 is 5.32 Å². The van der Waals surface area contributed by atoms with Crippen molar-refractivity contribution in [3.8, 4) is 0 Å². The van der Waals surface area contributed by atoms with Crippen LogP contribution in [0.2, 0.25) is 0 Å². The Labute approximate surface area is 127 Å². The number of fused-ring (bicyclic) bond motifs is 1. The molecule has 0 saturated carbocycles. The first-order valence-electron chi connectivity index (χ1n) is 6.13. The van der Waals surface area contributed by atoms with Crippen molar-refractivity contribution in [1.82, 2.24) is 0 Å². The number of anilines is 2. The maximum Gasteiger partial charge on any atom is 0.340 e. The highest BCUT2D eigenvalue weighted by Crippen LogP contribution is 2.33. The van der Waals surface area contributed by atoms with E-state index in [0.717, 1.165) is 9.20 Å². The summed E-state index contributed by atoms with van der Waals surface area (Å²) in [6.45, 7) is 0. The molecule has 2 amide bonds. The molecule has 0 atom stereocenters. The zero-order chi connectivity index (χ0) is 15.0. The molecule has 1 aliphatic heterocycles. The van der Waals surface area contributed by atoms with Gasteiger partial charge in [0.15, 0.2) is 0 Å². The molecule has 2 aromatic carbocycles. The first-order chi connectivity index (χ1) is 10.0. The minimum Gasteiger partial charge on any atom is -0.305 e. The first-order valence-corrected chi connectivity index (χ1v) is 8.80. The van der Waals surface area contributed by atoms with E-state index in [9.17, 15) is 13.2 Å². The zero-order valence-corrected chi connectivity index (χ0v) is 12.7. The molecule has 0 spiro atoms. The molecule has 5 nitrogen and oxygen atoms in total. The number of benzene rings is 2. The van der Waals surface area contributed by atoms with Crippen LogP contribution < -0.4 is 9.62 Å². The minimum absolute atomic E-state index is 0.0959. The van der Waals surface area contributed by atoms with E-state index in [-0.39, 0.29) is 4.90 Å². The number of carbonyl (C=O) groups is 1. The molecule has 0 radical (unpaired) electrons. The number of rotatable bonds is 2.